The minimum atomic E-state index is -0.204. The van der Waals surface area contributed by atoms with Crippen molar-refractivity contribution < 1.29 is 4.39 Å². The van der Waals surface area contributed by atoms with Crippen molar-refractivity contribution in [2.24, 2.45) is 5.92 Å². The average molecular weight is 188 g/mol. The fourth-order valence-electron chi connectivity index (χ4n) is 1.83. The highest BCUT2D eigenvalue weighted by Gasteiger charge is 2.16. The maximum Gasteiger partial charge on any atom is 0.102 e. The Kier molecular flexibility index (Phi) is 4.67. The molecule has 1 heterocycles. The molecule has 1 saturated heterocycles. The Balaban J connectivity index is 2.15. The Morgan fingerprint density at radius 3 is 2.08 bits per heavy atom. The second-order valence-corrected chi connectivity index (χ2v) is 4.23. The SMILES string of the molecule is CC(C)CN1CCN(CCF)CC1. The number of nitrogens with zero attached hydrogens (tertiary/aromatic N) is 2. The van der Waals surface area contributed by atoms with E-state index in [-0.39, 0.29) is 6.67 Å². The zero-order valence-corrected chi connectivity index (χ0v) is 8.80. The highest BCUT2D eigenvalue weighted by molar-refractivity contribution is 4.72. The Labute approximate surface area is 80.7 Å². The molecule has 0 amide bonds. The molecule has 0 radical (unpaired) electrons. The van der Waals surface area contributed by atoms with E-state index in [0.29, 0.717) is 6.54 Å². The van der Waals surface area contributed by atoms with Gasteiger partial charge in [-0.05, 0) is 5.92 Å². The molecule has 1 rings (SSSR count). The summed E-state index contributed by atoms with van der Waals surface area (Å²) in [5.74, 6) is 0.743. The van der Waals surface area contributed by atoms with E-state index in [4.69, 9.17) is 0 Å². The summed E-state index contributed by atoms with van der Waals surface area (Å²) in [4.78, 5) is 4.68. The molecule has 0 bridgehead atoms. The summed E-state index contributed by atoms with van der Waals surface area (Å²) in [7, 11) is 0. The van der Waals surface area contributed by atoms with Gasteiger partial charge in [-0.25, -0.2) is 4.39 Å². The van der Waals surface area contributed by atoms with Gasteiger partial charge in [0.25, 0.3) is 0 Å². The normalized spacial score (nSPS) is 21.2. The van der Waals surface area contributed by atoms with Gasteiger partial charge < -0.3 is 4.90 Å². The van der Waals surface area contributed by atoms with Gasteiger partial charge in [-0.15, -0.1) is 0 Å². The zero-order valence-electron chi connectivity index (χ0n) is 8.80. The summed E-state index contributed by atoms with van der Waals surface area (Å²) in [5, 5.41) is 0. The fourth-order valence-corrected chi connectivity index (χ4v) is 1.83. The van der Waals surface area contributed by atoms with Crippen LogP contribution < -0.4 is 0 Å². The lowest BCUT2D eigenvalue weighted by atomic mass is 10.2. The smallest absolute Gasteiger partial charge is 0.102 e. The van der Waals surface area contributed by atoms with Crippen LogP contribution in [0, 0.1) is 5.92 Å². The highest BCUT2D eigenvalue weighted by Crippen LogP contribution is 2.04. The van der Waals surface area contributed by atoms with Gasteiger partial charge in [-0.3, -0.25) is 4.90 Å². The predicted octanol–water partition coefficient (Wildman–Crippen LogP) is 1.23. The summed E-state index contributed by atoms with van der Waals surface area (Å²) in [6.45, 7) is 10.4. The molecular weight excluding hydrogens is 167 g/mol. The maximum absolute atomic E-state index is 12.0. The minimum absolute atomic E-state index is 0.204. The number of halogens is 1. The third-order valence-corrected chi connectivity index (χ3v) is 2.49. The van der Waals surface area contributed by atoms with Gasteiger partial charge in [0.15, 0.2) is 0 Å². The van der Waals surface area contributed by atoms with Gasteiger partial charge in [-0.1, -0.05) is 13.8 Å². The summed E-state index contributed by atoms with van der Waals surface area (Å²) in [6.07, 6.45) is 0. The van der Waals surface area contributed by atoms with Crippen LogP contribution >= 0.6 is 0 Å². The molecule has 0 saturated carbocycles. The first-order valence-corrected chi connectivity index (χ1v) is 5.23. The van der Waals surface area contributed by atoms with Crippen LogP contribution in [-0.4, -0.2) is 55.7 Å². The van der Waals surface area contributed by atoms with Crippen LogP contribution in [0.25, 0.3) is 0 Å². The molecular formula is C10H21FN2. The van der Waals surface area contributed by atoms with E-state index >= 15 is 0 Å². The molecule has 1 aliphatic rings. The molecule has 0 N–H and O–H groups in total. The molecule has 2 nitrogen and oxygen atoms in total. The van der Waals surface area contributed by atoms with Crippen molar-refractivity contribution >= 4 is 0 Å². The number of rotatable bonds is 4. The van der Waals surface area contributed by atoms with E-state index in [1.807, 2.05) is 0 Å². The van der Waals surface area contributed by atoms with E-state index in [1.54, 1.807) is 0 Å². The van der Waals surface area contributed by atoms with E-state index in [1.165, 1.54) is 6.54 Å². The summed E-state index contributed by atoms with van der Waals surface area (Å²) < 4.78 is 12.0. The van der Waals surface area contributed by atoms with Crippen molar-refractivity contribution in [2.45, 2.75) is 13.8 Å². The standard InChI is InChI=1S/C10H21FN2/c1-10(2)9-13-7-5-12(4-3-11)6-8-13/h10H,3-9H2,1-2H3. The second-order valence-electron chi connectivity index (χ2n) is 4.23. The van der Waals surface area contributed by atoms with Gasteiger partial charge in [-0.2, -0.15) is 0 Å². The second kappa shape index (κ2) is 5.55. The molecule has 13 heavy (non-hydrogen) atoms. The largest absolute Gasteiger partial charge is 0.301 e. The van der Waals surface area contributed by atoms with Crippen LogP contribution in [-0.2, 0) is 0 Å². The van der Waals surface area contributed by atoms with Crippen LogP contribution in [0.5, 0.6) is 0 Å². The van der Waals surface area contributed by atoms with Crippen molar-refractivity contribution in [3.63, 3.8) is 0 Å². The highest BCUT2D eigenvalue weighted by atomic mass is 19.1. The van der Waals surface area contributed by atoms with Gasteiger partial charge in [0.1, 0.15) is 6.67 Å². The molecule has 78 valence electrons. The van der Waals surface area contributed by atoms with E-state index in [9.17, 15) is 4.39 Å². The van der Waals surface area contributed by atoms with Gasteiger partial charge >= 0.3 is 0 Å². The van der Waals surface area contributed by atoms with Crippen molar-refractivity contribution in [3.8, 4) is 0 Å². The van der Waals surface area contributed by atoms with Crippen LogP contribution in [0.4, 0.5) is 4.39 Å². The van der Waals surface area contributed by atoms with Crippen LogP contribution in [0.3, 0.4) is 0 Å². The van der Waals surface area contributed by atoms with E-state index in [0.717, 1.165) is 32.1 Å². The molecule has 0 atom stereocenters. The Bertz CT molecular complexity index is 131. The topological polar surface area (TPSA) is 6.48 Å². The van der Waals surface area contributed by atoms with Crippen molar-refractivity contribution in [1.82, 2.24) is 9.80 Å². The van der Waals surface area contributed by atoms with Crippen molar-refractivity contribution in [2.75, 3.05) is 45.9 Å². The third-order valence-electron chi connectivity index (χ3n) is 2.49. The summed E-state index contributed by atoms with van der Waals surface area (Å²) in [6, 6.07) is 0. The first-order valence-electron chi connectivity index (χ1n) is 5.23. The number of hydrogen-bond acceptors (Lipinski definition) is 2. The average Bonchev–Trinajstić information content (AvgIpc) is 2.08. The molecule has 0 aromatic carbocycles. The van der Waals surface area contributed by atoms with Gasteiger partial charge in [0.2, 0.25) is 0 Å². The lowest BCUT2D eigenvalue weighted by Crippen LogP contribution is -2.47. The van der Waals surface area contributed by atoms with E-state index < -0.39 is 0 Å². The van der Waals surface area contributed by atoms with Crippen molar-refractivity contribution in [1.29, 1.82) is 0 Å². The number of alkyl halides is 1. The van der Waals surface area contributed by atoms with Crippen LogP contribution in [0.1, 0.15) is 13.8 Å². The minimum Gasteiger partial charge on any atom is -0.301 e. The Hall–Kier alpha value is -0.150. The number of hydrogen-bond donors (Lipinski definition) is 0. The van der Waals surface area contributed by atoms with Gasteiger partial charge in [0, 0.05) is 39.3 Å². The van der Waals surface area contributed by atoms with Crippen LogP contribution in [0.15, 0.2) is 0 Å². The number of piperazine rings is 1. The van der Waals surface area contributed by atoms with Crippen molar-refractivity contribution in [3.05, 3.63) is 0 Å². The molecule has 0 aromatic rings. The Morgan fingerprint density at radius 2 is 1.62 bits per heavy atom. The zero-order chi connectivity index (χ0) is 9.68. The first-order chi connectivity index (χ1) is 6.22. The summed E-state index contributed by atoms with van der Waals surface area (Å²) in [5.41, 5.74) is 0. The maximum atomic E-state index is 12.0. The molecule has 0 unspecified atom stereocenters. The Morgan fingerprint density at radius 1 is 1.08 bits per heavy atom. The molecule has 3 heteroatoms. The van der Waals surface area contributed by atoms with Gasteiger partial charge in [0.05, 0.1) is 0 Å². The summed E-state index contributed by atoms with van der Waals surface area (Å²) >= 11 is 0. The molecule has 0 aliphatic carbocycles. The lowest BCUT2D eigenvalue weighted by Gasteiger charge is -2.34. The molecule has 1 aliphatic heterocycles. The quantitative estimate of drug-likeness (QED) is 0.654. The molecule has 0 spiro atoms. The third kappa shape index (κ3) is 4.05. The first kappa shape index (κ1) is 10.9. The monoisotopic (exact) mass is 188 g/mol. The predicted molar refractivity (Wildman–Crippen MR) is 53.7 cm³/mol. The lowest BCUT2D eigenvalue weighted by molar-refractivity contribution is 0.117. The molecule has 0 aromatic heterocycles. The fraction of sp³-hybridized carbons (Fsp3) is 1.00. The van der Waals surface area contributed by atoms with Crippen LogP contribution in [0.2, 0.25) is 0 Å². The van der Waals surface area contributed by atoms with E-state index in [2.05, 4.69) is 23.6 Å². The molecule has 1 fully saturated rings.